The zero-order valence-electron chi connectivity index (χ0n) is 30.5. The molecule has 53 heavy (non-hydrogen) atoms. The highest BCUT2D eigenvalue weighted by molar-refractivity contribution is 7.64. The number of aromatic nitrogens is 2. The molecule has 0 aromatic carbocycles. The van der Waals surface area contributed by atoms with Crippen LogP contribution >= 0.6 is 16.0 Å². The summed E-state index contributed by atoms with van der Waals surface area (Å²) in [5, 5.41) is 41.5. The summed E-state index contributed by atoms with van der Waals surface area (Å²) >= 11 is 0. The maximum absolute atomic E-state index is 13.7. The van der Waals surface area contributed by atoms with Gasteiger partial charge >= 0.3 is 30.2 Å². The van der Waals surface area contributed by atoms with Crippen molar-refractivity contribution in [3.05, 3.63) is 33.1 Å². The van der Waals surface area contributed by atoms with Gasteiger partial charge in [-0.1, -0.05) is 45.9 Å². The van der Waals surface area contributed by atoms with Crippen LogP contribution in [0.15, 0.2) is 26.8 Å². The van der Waals surface area contributed by atoms with E-state index < -0.39 is 120 Å². The Morgan fingerprint density at radius 3 is 2.42 bits per heavy atom. The van der Waals surface area contributed by atoms with Gasteiger partial charge in [-0.2, -0.15) is 14.3 Å². The molecule has 0 spiro atoms. The number of aromatic amines is 1. The Balaban J connectivity index is 1.55. The number of hydrogen-bond donors (Lipinski definition) is 4. The number of ether oxygens (including phenoxy) is 3. The van der Waals surface area contributed by atoms with Crippen LogP contribution in [0.3, 0.4) is 0 Å². The highest BCUT2D eigenvalue weighted by Gasteiger charge is 2.65. The van der Waals surface area contributed by atoms with Gasteiger partial charge in [-0.3, -0.25) is 23.9 Å². The highest BCUT2D eigenvalue weighted by Crippen LogP contribution is 2.67. The Morgan fingerprint density at radius 2 is 1.85 bits per heavy atom. The minimum atomic E-state index is -5.59. The normalized spacial score (nSPS) is 33.0. The maximum atomic E-state index is 13.7. The number of aliphatic hydroxyl groups is 2. The molecule has 11 atom stereocenters. The van der Waals surface area contributed by atoms with Gasteiger partial charge in [0.25, 0.3) is 5.56 Å². The second-order valence-corrected chi connectivity index (χ2v) is 22.6. The largest absolute Gasteiger partial charge is 0.862 e. The molecule has 4 N–H and O–H groups in total. The summed E-state index contributed by atoms with van der Waals surface area (Å²) in [5.41, 5.74) is -1.70. The van der Waals surface area contributed by atoms with Crippen LogP contribution in [0.1, 0.15) is 61.1 Å². The number of aliphatic hydroxyl groups excluding tert-OH is 2. The first kappa shape index (κ1) is 43.7. The lowest BCUT2D eigenvalue weighted by atomic mass is 9.97. The molecular formula is C29H47N4O17P2Si-. The zero-order valence-corrected chi connectivity index (χ0v) is 33.3. The van der Waals surface area contributed by atoms with Crippen molar-refractivity contribution in [2.75, 3.05) is 26.9 Å². The molecule has 3 fully saturated rings. The zero-order chi connectivity index (χ0) is 39.7. The molecule has 21 nitrogen and oxygen atoms in total. The average molecular weight is 814 g/mol. The third-order valence-electron chi connectivity index (χ3n) is 8.71. The molecule has 300 valence electrons. The van der Waals surface area contributed by atoms with Crippen LogP contribution in [0.4, 0.5) is 0 Å². The van der Waals surface area contributed by atoms with Crippen molar-refractivity contribution >= 4 is 30.5 Å². The number of nitrogens with one attached hydrogen (secondary N) is 1. The number of aliphatic imine (C=N–C) groups is 1. The van der Waals surface area contributed by atoms with Crippen molar-refractivity contribution < 1.29 is 70.6 Å². The van der Waals surface area contributed by atoms with Crippen molar-refractivity contribution in [1.29, 1.82) is 5.26 Å². The van der Waals surface area contributed by atoms with Gasteiger partial charge in [-0.15, -0.1) is 0 Å². The lowest BCUT2D eigenvalue weighted by molar-refractivity contribution is -0.266. The molecule has 1 aromatic rings. The number of hydrogen-bond acceptors (Lipinski definition) is 18. The van der Waals surface area contributed by atoms with E-state index in [-0.39, 0.29) is 13.0 Å². The lowest BCUT2D eigenvalue weighted by Crippen LogP contribution is -2.71. The number of H-pyrrole nitrogens is 1. The van der Waals surface area contributed by atoms with Crippen molar-refractivity contribution in [3.8, 4) is 6.07 Å². The van der Waals surface area contributed by atoms with Gasteiger partial charge < -0.3 is 48.2 Å². The van der Waals surface area contributed by atoms with Crippen LogP contribution in [0.2, 0.25) is 10.1 Å². The van der Waals surface area contributed by atoms with E-state index in [1.807, 2.05) is 46.5 Å². The first-order valence-corrected chi connectivity index (χ1v) is 21.3. The van der Waals surface area contributed by atoms with E-state index >= 15 is 0 Å². The van der Waals surface area contributed by atoms with E-state index in [4.69, 9.17) is 46.2 Å². The summed E-state index contributed by atoms with van der Waals surface area (Å²) in [6.07, 6.45) is -10.7. The summed E-state index contributed by atoms with van der Waals surface area (Å²) in [7, 11) is -12.6. The summed E-state index contributed by atoms with van der Waals surface area (Å²) < 4.78 is 65.3. The minimum absolute atomic E-state index is 0.0465. The van der Waals surface area contributed by atoms with E-state index in [1.54, 1.807) is 6.07 Å². The van der Waals surface area contributed by atoms with Gasteiger partial charge in [-0.25, -0.2) is 9.36 Å². The van der Waals surface area contributed by atoms with E-state index in [0.717, 1.165) is 23.8 Å². The Hall–Kier alpha value is -2.00. The minimum Gasteiger partial charge on any atom is -0.862 e. The molecule has 1 aromatic heterocycles. The lowest BCUT2D eigenvalue weighted by Gasteiger charge is -2.57. The summed E-state index contributed by atoms with van der Waals surface area (Å²) in [4.78, 5) is 54.4. The maximum Gasteiger partial charge on any atom is 0.513 e. The first-order chi connectivity index (χ1) is 24.5. The van der Waals surface area contributed by atoms with E-state index in [2.05, 4.69) is 4.99 Å². The fraction of sp³-hybridized carbons (Fsp3) is 0.793. The molecule has 24 heteroatoms. The van der Waals surface area contributed by atoms with Gasteiger partial charge in [0.15, 0.2) is 12.5 Å². The number of methoxy groups -OCH3 is 1. The molecule has 4 rings (SSSR count). The predicted molar refractivity (Wildman–Crippen MR) is 181 cm³/mol. The number of phosphoric ester groups is 2. The second-order valence-electron chi connectivity index (χ2n) is 14.6. The summed E-state index contributed by atoms with van der Waals surface area (Å²) in [6, 6.07) is 1.28. The van der Waals surface area contributed by atoms with Crippen molar-refractivity contribution in [2.45, 2.75) is 120 Å². The molecular weight excluding hydrogens is 766 g/mol. The van der Waals surface area contributed by atoms with Crippen LogP contribution in [0.25, 0.3) is 0 Å². The van der Waals surface area contributed by atoms with E-state index in [9.17, 15) is 39.3 Å². The molecule has 3 saturated heterocycles. The quantitative estimate of drug-likeness (QED) is 0.0649. The van der Waals surface area contributed by atoms with Crippen LogP contribution in [0, 0.1) is 11.3 Å². The van der Waals surface area contributed by atoms with Crippen LogP contribution in [-0.4, -0.2) is 115 Å². The van der Waals surface area contributed by atoms with Crippen molar-refractivity contribution in [3.63, 3.8) is 0 Å². The highest BCUT2D eigenvalue weighted by atomic mass is 31.3. The standard InChI is InChI=1S/C29H48N4O17P2Si/c1-16(34)31-20-24(42-8)23-18(15-45-53(49-23,28(2,3)4)29(5,6)7)47-26(20)48-51(39,40)50-52(41,43-13-9-11-30)44-14-17-21(36)22(37)25(46-17)33-12-10-19(35)32-27(33)38/h10,12,17-18,20-26,36-37H,9,13-15H2,1-8H3,(H,31,34)(H,39,40)(H,32,35,38)/p-1/t17-,18-,20-,21-,22-,23-,24-,25-,26-,52?/m1/s1. The first-order valence-electron chi connectivity index (χ1n) is 16.5. The second kappa shape index (κ2) is 16.6. The summed E-state index contributed by atoms with van der Waals surface area (Å²) in [5.74, 6) is -0.711. The number of nitrogens with zero attached hydrogens (tertiary/aromatic N) is 3. The molecule has 0 radical (unpaired) electrons. The predicted octanol–water partition coefficient (Wildman–Crippen LogP) is -0.381. The van der Waals surface area contributed by atoms with Gasteiger partial charge in [0.1, 0.15) is 55.9 Å². The molecule has 0 amide bonds. The number of fused-ring (bicyclic) bond motifs is 1. The molecule has 3 aliphatic rings. The van der Waals surface area contributed by atoms with Gasteiger partial charge in [0, 0.05) is 29.4 Å². The number of rotatable bonds is 13. The third kappa shape index (κ3) is 9.69. The van der Waals surface area contributed by atoms with Gasteiger partial charge in [0.2, 0.25) is 0 Å². The van der Waals surface area contributed by atoms with Crippen LogP contribution < -0.4 is 21.2 Å². The van der Waals surface area contributed by atoms with Gasteiger partial charge in [-0.05, 0) is 12.8 Å². The third-order valence-corrected chi connectivity index (χ3v) is 16.9. The van der Waals surface area contributed by atoms with Crippen molar-refractivity contribution in [2.24, 2.45) is 4.99 Å². The average Bonchev–Trinajstić information content (AvgIpc) is 3.31. The molecule has 0 aliphatic carbocycles. The molecule has 3 aliphatic heterocycles. The molecule has 4 heterocycles. The molecule has 0 saturated carbocycles. The topological polar surface area (TPSA) is 298 Å². The Labute approximate surface area is 306 Å². The number of nitriles is 1. The Kier molecular flexibility index (Phi) is 13.7. The fourth-order valence-electron chi connectivity index (χ4n) is 6.66. The van der Waals surface area contributed by atoms with Crippen LogP contribution in [-0.2, 0) is 45.5 Å². The van der Waals surface area contributed by atoms with E-state index in [1.165, 1.54) is 7.11 Å². The summed E-state index contributed by atoms with van der Waals surface area (Å²) in [6.45, 7) is 11.5. The molecule has 0 bridgehead atoms. The monoisotopic (exact) mass is 813 g/mol. The van der Waals surface area contributed by atoms with E-state index in [0.29, 0.717) is 0 Å². The Morgan fingerprint density at radius 1 is 1.19 bits per heavy atom. The van der Waals surface area contributed by atoms with Gasteiger partial charge in [0.05, 0.1) is 19.1 Å². The smallest absolute Gasteiger partial charge is 0.513 e. The number of phosphoric acid groups is 2. The molecule has 2 unspecified atom stereocenters. The Bertz CT molecular complexity index is 1660. The van der Waals surface area contributed by atoms with Crippen LogP contribution in [0.5, 0.6) is 0 Å². The fourth-order valence-corrected chi connectivity index (χ4v) is 14.3. The SMILES string of the molecule is CO[C@@H]1[C@@H](N=C(C)[O-])[C@@H](OP(=O)(O)O[P+]([O-])(OCCC#N)OC[C@H]2O[C@@H](n3ccc(=O)[nH]c3=O)[C@H](O)[C@@H]2O)O[C@@H]2CO[Si](C(C)(C)C)(C(C)(C)C)O[C@@H]12. The van der Waals surface area contributed by atoms with Crippen molar-refractivity contribution in [1.82, 2.24) is 9.55 Å².